The third-order valence-electron chi connectivity index (χ3n) is 22.2. The van der Waals surface area contributed by atoms with Crippen LogP contribution < -0.4 is 0 Å². The van der Waals surface area contributed by atoms with Crippen molar-refractivity contribution in [1.82, 2.24) is 0 Å². The van der Waals surface area contributed by atoms with Crippen LogP contribution in [0.1, 0.15) is 479 Å². The number of hydrogen-bond acceptors (Lipinski definition) is 15. The number of phosphoric ester groups is 2. The van der Waals surface area contributed by atoms with Gasteiger partial charge >= 0.3 is 39.5 Å². The SMILES string of the molecule is CCCCCCCCCCCCCCCC(=O)O[C@H](COC(=O)CCCCCCCCCCC(C)CC)COP(=O)(O)OC[C@H](O)COP(=O)(O)OC[C@@H](COC(=O)CCCCCCCCCCCCCCCCCCCCC(C)CC)OC(=O)CCCCCCCCCCCCCCCCCCCCC(C)CC. The Morgan fingerprint density at radius 1 is 0.257 bits per heavy atom. The minimum Gasteiger partial charge on any atom is -0.462 e. The molecule has 0 bridgehead atoms. The number of hydrogen-bond donors (Lipinski definition) is 3. The summed E-state index contributed by atoms with van der Waals surface area (Å²) in [5.74, 6) is 0.423. The average Bonchev–Trinajstić information content (AvgIpc) is 0.901. The first kappa shape index (κ1) is 107. The molecule has 0 aliphatic heterocycles. The van der Waals surface area contributed by atoms with E-state index in [0.29, 0.717) is 25.7 Å². The molecule has 109 heavy (non-hydrogen) atoms. The van der Waals surface area contributed by atoms with Gasteiger partial charge in [-0.3, -0.25) is 37.3 Å². The van der Waals surface area contributed by atoms with Gasteiger partial charge in [-0.1, -0.05) is 427 Å². The highest BCUT2D eigenvalue weighted by Gasteiger charge is 2.31. The first-order valence-electron chi connectivity index (χ1n) is 46.5. The smallest absolute Gasteiger partial charge is 0.462 e. The maximum absolute atomic E-state index is 13.2. The van der Waals surface area contributed by atoms with Gasteiger partial charge in [-0.25, -0.2) is 9.13 Å². The van der Waals surface area contributed by atoms with Crippen LogP contribution in [0.15, 0.2) is 0 Å². The van der Waals surface area contributed by atoms with Crippen molar-refractivity contribution in [2.45, 2.75) is 497 Å². The molecule has 0 saturated carbocycles. The Morgan fingerprint density at radius 2 is 0.440 bits per heavy atom. The Morgan fingerprint density at radius 3 is 0.651 bits per heavy atom. The quantitative estimate of drug-likeness (QED) is 0.0222. The summed E-state index contributed by atoms with van der Waals surface area (Å²) in [5.41, 5.74) is 0. The van der Waals surface area contributed by atoms with E-state index in [1.165, 1.54) is 289 Å². The summed E-state index contributed by atoms with van der Waals surface area (Å²) in [4.78, 5) is 73.3. The van der Waals surface area contributed by atoms with E-state index in [-0.39, 0.29) is 25.7 Å². The van der Waals surface area contributed by atoms with E-state index < -0.39 is 97.5 Å². The number of aliphatic hydroxyl groups excluding tert-OH is 1. The molecule has 0 fully saturated rings. The van der Waals surface area contributed by atoms with E-state index >= 15 is 0 Å². The molecule has 0 aliphatic carbocycles. The summed E-state index contributed by atoms with van der Waals surface area (Å²) in [6.45, 7) is 12.1. The van der Waals surface area contributed by atoms with Crippen molar-refractivity contribution in [2.24, 2.45) is 17.8 Å². The molecule has 8 atom stereocenters. The summed E-state index contributed by atoms with van der Waals surface area (Å²) < 4.78 is 69.0. The number of esters is 4. The third kappa shape index (κ3) is 79.7. The van der Waals surface area contributed by atoms with Crippen LogP contribution in [0.2, 0.25) is 0 Å². The standard InChI is InChI=1S/C90H176O17P2/c1-8-12-13-14-15-16-17-30-38-43-52-59-66-73-89(94)107-86(78-101-88(93)72-65-58-51-46-45-49-56-63-70-83(7)11-4)80-105-109(98,99)103-76-84(91)75-102-108(96,97)104-79-85(106-90(95)74-67-60-53-44-39-34-29-25-21-19-23-27-32-36-41-48-55-62-69-82(6)10-3)77-100-87(92)71-64-57-50-42-37-33-28-24-20-18-22-26-31-35-40-47-54-61-68-81(5)9-2/h81-86,91H,8-80H2,1-7H3,(H,96,97)(H,98,99)/t81?,82?,83?,84-,85-,86-/m1/s1. The second kappa shape index (κ2) is 79.9. The number of carbonyl (C=O) groups excluding carboxylic acids is 4. The van der Waals surface area contributed by atoms with Gasteiger partial charge in [0.05, 0.1) is 26.4 Å². The second-order valence-electron chi connectivity index (χ2n) is 33.1. The van der Waals surface area contributed by atoms with E-state index in [1.807, 2.05) is 0 Å². The average molecular weight is 1590 g/mol. The van der Waals surface area contributed by atoms with Crippen molar-refractivity contribution in [3.63, 3.8) is 0 Å². The predicted octanol–water partition coefficient (Wildman–Crippen LogP) is 27.6. The summed E-state index contributed by atoms with van der Waals surface area (Å²) in [7, 11) is -9.93. The highest BCUT2D eigenvalue weighted by Crippen LogP contribution is 2.45. The van der Waals surface area contributed by atoms with Gasteiger partial charge in [0.25, 0.3) is 0 Å². The molecule has 0 aromatic carbocycles. The zero-order valence-electron chi connectivity index (χ0n) is 72.0. The number of phosphoric acid groups is 2. The number of carbonyl (C=O) groups is 4. The van der Waals surface area contributed by atoms with Crippen LogP contribution in [-0.2, 0) is 65.4 Å². The molecule has 3 N–H and O–H groups in total. The molecule has 17 nitrogen and oxygen atoms in total. The van der Waals surface area contributed by atoms with Gasteiger partial charge in [0.2, 0.25) is 0 Å². The Kier molecular flexibility index (Phi) is 78.5. The normalized spacial score (nSPS) is 14.6. The largest absolute Gasteiger partial charge is 0.472 e. The van der Waals surface area contributed by atoms with Crippen LogP contribution in [0.3, 0.4) is 0 Å². The van der Waals surface area contributed by atoms with E-state index in [1.54, 1.807) is 0 Å². The molecule has 0 rings (SSSR count). The Labute approximate surface area is 670 Å². The topological polar surface area (TPSA) is 237 Å². The molecule has 648 valence electrons. The molecular weight excluding hydrogens is 1410 g/mol. The summed E-state index contributed by atoms with van der Waals surface area (Å²) in [6.07, 6.45) is 72.1. The highest BCUT2D eigenvalue weighted by molar-refractivity contribution is 7.47. The predicted molar refractivity (Wildman–Crippen MR) is 451 cm³/mol. The van der Waals surface area contributed by atoms with Crippen molar-refractivity contribution in [2.75, 3.05) is 39.6 Å². The molecule has 0 aliphatic rings. The fourth-order valence-corrected chi connectivity index (χ4v) is 15.6. The Bertz CT molecular complexity index is 2100. The maximum atomic E-state index is 13.2. The van der Waals surface area contributed by atoms with Crippen LogP contribution in [0.4, 0.5) is 0 Å². The van der Waals surface area contributed by atoms with Crippen LogP contribution in [0, 0.1) is 17.8 Å². The summed E-state index contributed by atoms with van der Waals surface area (Å²) in [5, 5.41) is 10.7. The molecule has 0 spiro atoms. The van der Waals surface area contributed by atoms with Crippen molar-refractivity contribution < 1.29 is 80.2 Å². The minimum absolute atomic E-state index is 0.107. The van der Waals surface area contributed by atoms with Gasteiger partial charge in [-0.05, 0) is 43.4 Å². The molecule has 0 radical (unpaired) electrons. The molecule has 19 heteroatoms. The lowest BCUT2D eigenvalue weighted by Gasteiger charge is -2.21. The van der Waals surface area contributed by atoms with Crippen LogP contribution in [-0.4, -0.2) is 96.7 Å². The van der Waals surface area contributed by atoms with Crippen molar-refractivity contribution in [1.29, 1.82) is 0 Å². The van der Waals surface area contributed by atoms with Gasteiger partial charge < -0.3 is 33.8 Å². The van der Waals surface area contributed by atoms with Crippen molar-refractivity contribution in [3.05, 3.63) is 0 Å². The van der Waals surface area contributed by atoms with Crippen molar-refractivity contribution >= 4 is 39.5 Å². The van der Waals surface area contributed by atoms with E-state index in [2.05, 4.69) is 48.5 Å². The first-order valence-corrected chi connectivity index (χ1v) is 49.5. The number of ether oxygens (including phenoxy) is 4. The number of rotatable bonds is 88. The van der Waals surface area contributed by atoms with Gasteiger partial charge in [0, 0.05) is 25.7 Å². The maximum Gasteiger partial charge on any atom is 0.472 e. The number of unbranched alkanes of at least 4 members (excludes halogenated alkanes) is 53. The lowest BCUT2D eigenvalue weighted by molar-refractivity contribution is -0.161. The first-order chi connectivity index (χ1) is 52.8. The Balaban J connectivity index is 5.22. The van der Waals surface area contributed by atoms with Crippen LogP contribution in [0.25, 0.3) is 0 Å². The van der Waals surface area contributed by atoms with E-state index in [9.17, 15) is 43.2 Å². The van der Waals surface area contributed by atoms with Gasteiger partial charge in [-0.2, -0.15) is 0 Å². The fourth-order valence-electron chi connectivity index (χ4n) is 14.0. The van der Waals surface area contributed by atoms with Crippen LogP contribution in [0.5, 0.6) is 0 Å². The minimum atomic E-state index is -4.97. The lowest BCUT2D eigenvalue weighted by atomic mass is 9.99. The summed E-state index contributed by atoms with van der Waals surface area (Å²) in [6, 6.07) is 0. The Hall–Kier alpha value is -1.94. The zero-order chi connectivity index (χ0) is 80.0. The van der Waals surface area contributed by atoms with Gasteiger partial charge in [0.15, 0.2) is 12.2 Å². The van der Waals surface area contributed by atoms with E-state index in [0.717, 1.165) is 108 Å². The zero-order valence-corrected chi connectivity index (χ0v) is 73.8. The monoisotopic (exact) mass is 1590 g/mol. The molecule has 0 amide bonds. The highest BCUT2D eigenvalue weighted by atomic mass is 31.2. The fraction of sp³-hybridized carbons (Fsp3) is 0.956. The third-order valence-corrected chi connectivity index (χ3v) is 24.1. The molecular formula is C90H176O17P2. The molecule has 0 aromatic heterocycles. The summed E-state index contributed by atoms with van der Waals surface area (Å²) >= 11 is 0. The molecule has 0 saturated heterocycles. The van der Waals surface area contributed by atoms with Crippen molar-refractivity contribution in [3.8, 4) is 0 Å². The van der Waals surface area contributed by atoms with E-state index in [4.69, 9.17) is 37.0 Å². The van der Waals surface area contributed by atoms with Gasteiger partial charge in [0.1, 0.15) is 19.3 Å². The molecule has 0 heterocycles. The lowest BCUT2D eigenvalue weighted by Crippen LogP contribution is -2.30. The molecule has 5 unspecified atom stereocenters. The van der Waals surface area contributed by atoms with Gasteiger partial charge in [-0.15, -0.1) is 0 Å². The molecule has 0 aromatic rings. The van der Waals surface area contributed by atoms with Crippen LogP contribution >= 0.6 is 15.6 Å². The number of aliphatic hydroxyl groups is 1. The second-order valence-corrected chi connectivity index (χ2v) is 36.0.